The van der Waals surface area contributed by atoms with Crippen molar-refractivity contribution in [2.75, 3.05) is 13.1 Å². The molecular formula is C14H21NO. The van der Waals surface area contributed by atoms with Crippen molar-refractivity contribution in [1.82, 2.24) is 4.90 Å². The van der Waals surface area contributed by atoms with Gasteiger partial charge in [0, 0.05) is 12.1 Å². The molecule has 1 aliphatic heterocycles. The van der Waals surface area contributed by atoms with E-state index in [1.54, 1.807) is 6.07 Å². The largest absolute Gasteiger partial charge is 0.508 e. The molecule has 1 fully saturated rings. The maximum atomic E-state index is 9.74. The minimum absolute atomic E-state index is 0.435. The van der Waals surface area contributed by atoms with E-state index in [2.05, 4.69) is 4.90 Å². The van der Waals surface area contributed by atoms with Crippen LogP contribution in [0.4, 0.5) is 0 Å². The summed E-state index contributed by atoms with van der Waals surface area (Å²) in [4.78, 5) is 2.47. The number of hydrogen-bond donors (Lipinski definition) is 1. The second-order valence-corrected chi connectivity index (χ2v) is 4.67. The standard InChI is InChI=1S/C14H21NO/c16-14-9-5-4-8-13(14)12-15-10-6-2-1-3-7-11-15/h4-5,8-9,16H,1-3,6-7,10-12H2. The lowest BCUT2D eigenvalue weighted by Gasteiger charge is -2.24. The predicted molar refractivity (Wildman–Crippen MR) is 66.5 cm³/mol. The van der Waals surface area contributed by atoms with E-state index in [-0.39, 0.29) is 0 Å². The highest BCUT2D eigenvalue weighted by atomic mass is 16.3. The molecule has 2 nitrogen and oxygen atoms in total. The van der Waals surface area contributed by atoms with Crippen LogP contribution in [0.5, 0.6) is 5.75 Å². The Bertz CT molecular complexity index is 316. The lowest BCUT2D eigenvalue weighted by molar-refractivity contribution is 0.237. The van der Waals surface area contributed by atoms with Gasteiger partial charge in [0.05, 0.1) is 0 Å². The SMILES string of the molecule is Oc1ccccc1CN1CCCCCCC1. The molecule has 1 heterocycles. The average molecular weight is 219 g/mol. The zero-order chi connectivity index (χ0) is 11.2. The highest BCUT2D eigenvalue weighted by Crippen LogP contribution is 2.19. The highest BCUT2D eigenvalue weighted by molar-refractivity contribution is 5.31. The molecule has 1 saturated heterocycles. The molecule has 0 aliphatic carbocycles. The molecule has 0 spiro atoms. The maximum absolute atomic E-state index is 9.74. The quantitative estimate of drug-likeness (QED) is 0.826. The van der Waals surface area contributed by atoms with E-state index in [0.29, 0.717) is 5.75 Å². The molecule has 88 valence electrons. The average Bonchev–Trinajstić information content (AvgIpc) is 2.24. The second-order valence-electron chi connectivity index (χ2n) is 4.67. The fraction of sp³-hybridized carbons (Fsp3) is 0.571. The molecule has 1 aromatic rings. The van der Waals surface area contributed by atoms with Gasteiger partial charge in [-0.05, 0) is 32.0 Å². The van der Waals surface area contributed by atoms with Crippen molar-refractivity contribution < 1.29 is 5.11 Å². The number of para-hydroxylation sites is 1. The summed E-state index contributed by atoms with van der Waals surface area (Å²) in [5, 5.41) is 9.74. The van der Waals surface area contributed by atoms with Crippen LogP contribution in [0.25, 0.3) is 0 Å². The smallest absolute Gasteiger partial charge is 0.120 e. The minimum atomic E-state index is 0.435. The summed E-state index contributed by atoms with van der Waals surface area (Å²) in [6.07, 6.45) is 6.71. The van der Waals surface area contributed by atoms with Gasteiger partial charge in [-0.2, -0.15) is 0 Å². The van der Waals surface area contributed by atoms with E-state index in [4.69, 9.17) is 0 Å². The number of benzene rings is 1. The normalized spacial score (nSPS) is 19.0. The molecule has 1 N–H and O–H groups in total. The molecule has 0 radical (unpaired) electrons. The third-order valence-corrected chi connectivity index (χ3v) is 3.33. The molecule has 1 aliphatic rings. The fourth-order valence-electron chi connectivity index (χ4n) is 2.36. The lowest BCUT2D eigenvalue weighted by Crippen LogP contribution is -2.26. The summed E-state index contributed by atoms with van der Waals surface area (Å²) in [5.74, 6) is 0.435. The van der Waals surface area contributed by atoms with Crippen molar-refractivity contribution >= 4 is 0 Å². The van der Waals surface area contributed by atoms with E-state index in [0.717, 1.165) is 12.1 Å². The Labute approximate surface area is 97.9 Å². The third kappa shape index (κ3) is 3.24. The molecule has 0 bridgehead atoms. The van der Waals surface area contributed by atoms with Crippen LogP contribution in [0.2, 0.25) is 0 Å². The Balaban J connectivity index is 1.94. The first-order valence-electron chi connectivity index (χ1n) is 6.35. The Morgan fingerprint density at radius 3 is 2.25 bits per heavy atom. The molecule has 2 heteroatoms. The Kier molecular flexibility index (Phi) is 4.23. The van der Waals surface area contributed by atoms with E-state index in [1.807, 2.05) is 18.2 Å². The number of likely N-dealkylation sites (tertiary alicyclic amines) is 1. The zero-order valence-corrected chi connectivity index (χ0v) is 9.86. The lowest BCUT2D eigenvalue weighted by atomic mass is 10.1. The first-order valence-corrected chi connectivity index (χ1v) is 6.35. The number of phenolic OH excluding ortho intramolecular Hbond substituents is 1. The van der Waals surface area contributed by atoms with Crippen LogP contribution in [0, 0.1) is 0 Å². The number of phenols is 1. The Morgan fingerprint density at radius 2 is 1.56 bits per heavy atom. The minimum Gasteiger partial charge on any atom is -0.508 e. The third-order valence-electron chi connectivity index (χ3n) is 3.33. The molecule has 0 saturated carbocycles. The number of nitrogens with zero attached hydrogens (tertiary/aromatic N) is 1. The van der Waals surface area contributed by atoms with Gasteiger partial charge in [0.1, 0.15) is 5.75 Å². The van der Waals surface area contributed by atoms with Crippen molar-refractivity contribution in [2.45, 2.75) is 38.6 Å². The van der Waals surface area contributed by atoms with Gasteiger partial charge >= 0.3 is 0 Å². The van der Waals surface area contributed by atoms with Gasteiger partial charge in [0.25, 0.3) is 0 Å². The second kappa shape index (κ2) is 5.90. The predicted octanol–water partition coefficient (Wildman–Crippen LogP) is 3.16. The van der Waals surface area contributed by atoms with Crippen LogP contribution >= 0.6 is 0 Å². The zero-order valence-electron chi connectivity index (χ0n) is 9.86. The highest BCUT2D eigenvalue weighted by Gasteiger charge is 2.10. The van der Waals surface area contributed by atoms with Gasteiger partial charge in [0.15, 0.2) is 0 Å². The van der Waals surface area contributed by atoms with Gasteiger partial charge in [-0.3, -0.25) is 4.90 Å². The molecule has 16 heavy (non-hydrogen) atoms. The van der Waals surface area contributed by atoms with Crippen molar-refractivity contribution in [3.63, 3.8) is 0 Å². The maximum Gasteiger partial charge on any atom is 0.120 e. The van der Waals surface area contributed by atoms with Crippen LogP contribution in [-0.4, -0.2) is 23.1 Å². The van der Waals surface area contributed by atoms with Gasteiger partial charge < -0.3 is 5.11 Å². The summed E-state index contributed by atoms with van der Waals surface area (Å²) in [7, 11) is 0. The van der Waals surface area contributed by atoms with Crippen LogP contribution in [0.3, 0.4) is 0 Å². The first-order chi connectivity index (χ1) is 7.86. The molecular weight excluding hydrogens is 198 g/mol. The molecule has 1 aromatic carbocycles. The number of hydrogen-bond acceptors (Lipinski definition) is 2. The molecule has 0 atom stereocenters. The summed E-state index contributed by atoms with van der Waals surface area (Å²) in [6.45, 7) is 3.25. The molecule has 0 aromatic heterocycles. The van der Waals surface area contributed by atoms with Crippen LogP contribution in [0.15, 0.2) is 24.3 Å². The van der Waals surface area contributed by atoms with Crippen molar-refractivity contribution in [2.24, 2.45) is 0 Å². The van der Waals surface area contributed by atoms with Gasteiger partial charge in [-0.25, -0.2) is 0 Å². The molecule has 2 rings (SSSR count). The topological polar surface area (TPSA) is 23.5 Å². The summed E-state index contributed by atoms with van der Waals surface area (Å²) in [6, 6.07) is 7.68. The number of rotatable bonds is 2. The summed E-state index contributed by atoms with van der Waals surface area (Å²) >= 11 is 0. The van der Waals surface area contributed by atoms with E-state index >= 15 is 0 Å². The molecule has 0 unspecified atom stereocenters. The Hall–Kier alpha value is -1.02. The summed E-state index contributed by atoms with van der Waals surface area (Å²) in [5.41, 5.74) is 1.06. The Morgan fingerprint density at radius 1 is 0.938 bits per heavy atom. The van der Waals surface area contributed by atoms with Crippen molar-refractivity contribution in [3.05, 3.63) is 29.8 Å². The van der Waals surface area contributed by atoms with Crippen molar-refractivity contribution in [3.8, 4) is 5.75 Å². The fourth-order valence-corrected chi connectivity index (χ4v) is 2.36. The van der Waals surface area contributed by atoms with Gasteiger partial charge in [0.2, 0.25) is 0 Å². The van der Waals surface area contributed by atoms with Gasteiger partial charge in [-0.1, -0.05) is 37.5 Å². The monoisotopic (exact) mass is 219 g/mol. The summed E-state index contributed by atoms with van der Waals surface area (Å²) < 4.78 is 0. The van der Waals surface area contributed by atoms with Crippen LogP contribution < -0.4 is 0 Å². The number of aromatic hydroxyl groups is 1. The van der Waals surface area contributed by atoms with Gasteiger partial charge in [-0.15, -0.1) is 0 Å². The van der Waals surface area contributed by atoms with E-state index in [1.165, 1.54) is 45.2 Å². The molecule has 0 amide bonds. The van der Waals surface area contributed by atoms with Crippen molar-refractivity contribution in [1.29, 1.82) is 0 Å². The van der Waals surface area contributed by atoms with Crippen LogP contribution in [-0.2, 0) is 6.54 Å². The van der Waals surface area contributed by atoms with E-state index in [9.17, 15) is 5.11 Å². The van der Waals surface area contributed by atoms with Crippen LogP contribution in [0.1, 0.15) is 37.7 Å². The van der Waals surface area contributed by atoms with E-state index < -0.39 is 0 Å². The first kappa shape index (κ1) is 11.5.